The Balaban J connectivity index is 1.55. The third-order valence-corrected chi connectivity index (χ3v) is 6.32. The summed E-state index contributed by atoms with van der Waals surface area (Å²) in [5.41, 5.74) is 0.380. The first kappa shape index (κ1) is 18.4. The zero-order valence-corrected chi connectivity index (χ0v) is 15.7. The Morgan fingerprint density at radius 2 is 2.20 bits per heavy atom. The molecule has 25 heavy (non-hydrogen) atoms. The van der Waals surface area contributed by atoms with Gasteiger partial charge in [0.25, 0.3) is 5.91 Å². The van der Waals surface area contributed by atoms with E-state index in [9.17, 15) is 14.4 Å². The van der Waals surface area contributed by atoms with Crippen LogP contribution < -0.4 is 5.32 Å². The molecule has 1 aromatic rings. The zero-order valence-electron chi connectivity index (χ0n) is 13.4. The normalized spacial score (nSPS) is 25.0. The molecule has 0 aliphatic carbocycles. The van der Waals surface area contributed by atoms with E-state index >= 15 is 0 Å². The van der Waals surface area contributed by atoms with E-state index in [1.54, 1.807) is 28.8 Å². The van der Waals surface area contributed by atoms with Gasteiger partial charge >= 0.3 is 5.97 Å². The number of benzene rings is 1. The first-order chi connectivity index (χ1) is 11.8. The number of thioether (sulfide) groups is 1. The van der Waals surface area contributed by atoms with Crippen LogP contribution in [-0.4, -0.2) is 46.0 Å². The lowest BCUT2D eigenvalue weighted by Gasteiger charge is -2.29. The van der Waals surface area contributed by atoms with E-state index in [-0.39, 0.29) is 15.8 Å². The monoisotopic (exact) mass is 402 g/mol. The van der Waals surface area contributed by atoms with Gasteiger partial charge in [0, 0.05) is 17.2 Å². The number of carbonyl (C=O) groups excluding carboxylic acids is 3. The van der Waals surface area contributed by atoms with Crippen molar-refractivity contribution in [1.82, 2.24) is 4.90 Å². The number of nitrogens with zero attached hydrogens (tertiary/aromatic N) is 1. The van der Waals surface area contributed by atoms with E-state index in [4.69, 9.17) is 27.9 Å². The van der Waals surface area contributed by atoms with Gasteiger partial charge in [-0.1, -0.05) is 23.2 Å². The van der Waals surface area contributed by atoms with Crippen LogP contribution in [-0.2, 0) is 19.1 Å². The van der Waals surface area contributed by atoms with Crippen molar-refractivity contribution in [3.05, 3.63) is 28.2 Å². The van der Waals surface area contributed by atoms with Gasteiger partial charge in [-0.15, -0.1) is 11.8 Å². The van der Waals surface area contributed by atoms with E-state index in [0.717, 1.165) is 6.42 Å². The van der Waals surface area contributed by atoms with E-state index in [1.807, 2.05) is 6.92 Å². The molecule has 2 fully saturated rings. The van der Waals surface area contributed by atoms with Crippen molar-refractivity contribution < 1.29 is 19.1 Å². The molecule has 134 valence electrons. The van der Waals surface area contributed by atoms with Gasteiger partial charge in [-0.05, 0) is 31.5 Å². The molecule has 0 saturated carbocycles. The maximum absolute atomic E-state index is 12.3. The van der Waals surface area contributed by atoms with Crippen LogP contribution in [0.3, 0.4) is 0 Å². The second-order valence-electron chi connectivity index (χ2n) is 6.05. The van der Waals surface area contributed by atoms with Crippen LogP contribution in [0.25, 0.3) is 0 Å². The Hall–Kier alpha value is -1.44. The molecular formula is C16H16Cl2N2O4S. The highest BCUT2D eigenvalue weighted by Gasteiger charge is 2.53. The average molecular weight is 403 g/mol. The number of anilines is 1. The Labute approximate surface area is 159 Å². The van der Waals surface area contributed by atoms with Crippen molar-refractivity contribution in [2.75, 3.05) is 17.7 Å². The quantitative estimate of drug-likeness (QED) is 0.783. The average Bonchev–Trinajstić information content (AvgIpc) is 3.04. The summed E-state index contributed by atoms with van der Waals surface area (Å²) < 4.78 is 5.10. The summed E-state index contributed by atoms with van der Waals surface area (Å²) in [7, 11) is 0. The number of carbonyl (C=O) groups is 3. The summed E-state index contributed by atoms with van der Waals surface area (Å²) in [6.45, 7) is 1.50. The minimum atomic E-state index is -0.642. The molecule has 9 heteroatoms. The van der Waals surface area contributed by atoms with Crippen molar-refractivity contribution in [2.45, 2.75) is 30.7 Å². The largest absolute Gasteiger partial charge is 0.454 e. The number of halogens is 2. The number of nitrogens with one attached hydrogen (secondary N) is 1. The number of hydrogen-bond donors (Lipinski definition) is 1. The molecule has 1 N–H and O–H groups in total. The number of hydrogen-bond acceptors (Lipinski definition) is 5. The van der Waals surface area contributed by atoms with Gasteiger partial charge < -0.3 is 15.0 Å². The molecule has 2 aliphatic rings. The number of esters is 1. The van der Waals surface area contributed by atoms with Crippen LogP contribution in [0.5, 0.6) is 0 Å². The van der Waals surface area contributed by atoms with Gasteiger partial charge in [-0.2, -0.15) is 0 Å². The predicted molar refractivity (Wildman–Crippen MR) is 96.8 cm³/mol. The fraction of sp³-hybridized carbons (Fsp3) is 0.438. The molecule has 0 spiro atoms. The smallest absolute Gasteiger partial charge is 0.330 e. The van der Waals surface area contributed by atoms with Crippen LogP contribution in [0.2, 0.25) is 10.0 Å². The maximum Gasteiger partial charge on any atom is 0.330 e. The molecule has 6 nitrogen and oxygen atoms in total. The van der Waals surface area contributed by atoms with E-state index in [1.165, 1.54) is 6.07 Å². The molecule has 0 bridgehead atoms. The van der Waals surface area contributed by atoms with E-state index in [2.05, 4.69) is 5.32 Å². The van der Waals surface area contributed by atoms with Crippen molar-refractivity contribution in [3.63, 3.8) is 0 Å². The van der Waals surface area contributed by atoms with Gasteiger partial charge in [0.2, 0.25) is 5.91 Å². The van der Waals surface area contributed by atoms with Crippen LogP contribution >= 0.6 is 35.0 Å². The maximum atomic E-state index is 12.3. The van der Waals surface area contributed by atoms with E-state index in [0.29, 0.717) is 22.9 Å². The van der Waals surface area contributed by atoms with Gasteiger partial charge in [0.1, 0.15) is 6.04 Å². The van der Waals surface area contributed by atoms with Gasteiger partial charge in [0.15, 0.2) is 6.61 Å². The minimum Gasteiger partial charge on any atom is -0.454 e. The minimum absolute atomic E-state index is 0.0492. The highest BCUT2D eigenvalue weighted by atomic mass is 35.5. The fourth-order valence-electron chi connectivity index (χ4n) is 3.01. The lowest BCUT2D eigenvalue weighted by atomic mass is 10.2. The predicted octanol–water partition coefficient (Wildman–Crippen LogP) is 2.93. The summed E-state index contributed by atoms with van der Waals surface area (Å²) in [4.78, 5) is 37.5. The molecule has 0 aromatic heterocycles. The van der Waals surface area contributed by atoms with Crippen molar-refractivity contribution in [3.8, 4) is 0 Å². The molecule has 2 heterocycles. The third kappa shape index (κ3) is 3.73. The summed E-state index contributed by atoms with van der Waals surface area (Å²) in [5.74, 6) is -0.652. The highest BCUT2D eigenvalue weighted by molar-refractivity contribution is 8.01. The van der Waals surface area contributed by atoms with Crippen LogP contribution in [0.4, 0.5) is 5.69 Å². The van der Waals surface area contributed by atoms with Crippen molar-refractivity contribution >= 4 is 58.4 Å². The van der Waals surface area contributed by atoms with Crippen molar-refractivity contribution in [1.29, 1.82) is 0 Å². The Morgan fingerprint density at radius 1 is 1.44 bits per heavy atom. The third-order valence-electron chi connectivity index (χ3n) is 4.27. The number of fused-ring (bicyclic) bond motifs is 1. The molecule has 3 rings (SSSR count). The summed E-state index contributed by atoms with van der Waals surface area (Å²) in [6, 6.07) is 4.01. The van der Waals surface area contributed by atoms with Gasteiger partial charge in [-0.25, -0.2) is 4.79 Å². The summed E-state index contributed by atoms with van der Waals surface area (Å²) >= 11 is 13.3. The fourth-order valence-corrected chi connectivity index (χ4v) is 4.88. The standard InChI is InChI=1S/C16H16Cl2N2O4S/c1-16-5-4-14(22)20(16)12(8-25-16)15(23)24-7-13(21)19-11-3-2-9(17)6-10(11)18/h2-3,6,12H,4-5,7-8H2,1H3,(H,19,21)/t12-,16-/m1/s1. The summed E-state index contributed by atoms with van der Waals surface area (Å²) in [5, 5.41) is 3.29. The SMILES string of the molecule is C[C@@]12CCC(=O)N1[C@@H](C(=O)OCC(=O)Nc1ccc(Cl)cc1Cl)CS2. The molecular weight excluding hydrogens is 387 g/mol. The molecule has 2 aliphatic heterocycles. The molecule has 2 saturated heterocycles. The Kier molecular flexibility index (Phi) is 5.18. The van der Waals surface area contributed by atoms with Gasteiger partial charge in [0.05, 0.1) is 15.6 Å². The lowest BCUT2D eigenvalue weighted by molar-refractivity contribution is -0.155. The molecule has 2 amide bonds. The molecule has 1 aromatic carbocycles. The van der Waals surface area contributed by atoms with E-state index < -0.39 is 24.5 Å². The van der Waals surface area contributed by atoms with Crippen molar-refractivity contribution in [2.24, 2.45) is 0 Å². The van der Waals surface area contributed by atoms with Crippen LogP contribution in [0.1, 0.15) is 19.8 Å². The molecule has 0 unspecified atom stereocenters. The zero-order chi connectivity index (χ0) is 18.2. The highest BCUT2D eigenvalue weighted by Crippen LogP contribution is 2.47. The number of ether oxygens (including phenoxy) is 1. The van der Waals surface area contributed by atoms with Crippen LogP contribution in [0.15, 0.2) is 18.2 Å². The summed E-state index contributed by atoms with van der Waals surface area (Å²) in [6.07, 6.45) is 1.15. The number of amides is 2. The first-order valence-corrected chi connectivity index (χ1v) is 9.42. The lowest BCUT2D eigenvalue weighted by Crippen LogP contribution is -2.47. The molecule has 0 radical (unpaired) electrons. The first-order valence-electron chi connectivity index (χ1n) is 7.68. The number of rotatable bonds is 4. The Morgan fingerprint density at radius 3 is 2.92 bits per heavy atom. The second-order valence-corrected chi connectivity index (χ2v) is 8.39. The van der Waals surface area contributed by atoms with Gasteiger partial charge in [-0.3, -0.25) is 9.59 Å². The topological polar surface area (TPSA) is 75.7 Å². The second kappa shape index (κ2) is 7.05. The molecule has 2 atom stereocenters. The van der Waals surface area contributed by atoms with Crippen LogP contribution in [0, 0.1) is 0 Å². The Bertz CT molecular complexity index is 745.